The highest BCUT2D eigenvalue weighted by atomic mass is 16.5. The minimum atomic E-state index is 0.494. The van der Waals surface area contributed by atoms with Crippen LogP contribution in [0.2, 0.25) is 0 Å². The van der Waals surface area contributed by atoms with Gasteiger partial charge in [0.25, 0.3) is 0 Å². The molecule has 1 saturated heterocycles. The molecule has 2 aromatic rings. The van der Waals surface area contributed by atoms with Crippen LogP contribution in [0.4, 0.5) is 5.82 Å². The summed E-state index contributed by atoms with van der Waals surface area (Å²) in [7, 11) is 3.77. The first-order valence-electron chi connectivity index (χ1n) is 8.56. The first kappa shape index (κ1) is 16.7. The Morgan fingerprint density at radius 1 is 1.25 bits per heavy atom. The number of piperidine rings is 1. The summed E-state index contributed by atoms with van der Waals surface area (Å²) in [5.41, 5.74) is 2.39. The van der Waals surface area contributed by atoms with Gasteiger partial charge in [-0.2, -0.15) is 0 Å². The van der Waals surface area contributed by atoms with Crippen LogP contribution in [0.1, 0.15) is 35.8 Å². The quantitative estimate of drug-likeness (QED) is 0.915. The SMILES string of the molecule is COc1ccc(CN(C)c2cc([C@@H]3CCCNC3)nc(C)n2)cc1. The predicted octanol–water partition coefficient (Wildman–Crippen LogP) is 2.90. The van der Waals surface area contributed by atoms with Gasteiger partial charge in [0.05, 0.1) is 12.8 Å². The van der Waals surface area contributed by atoms with E-state index in [9.17, 15) is 0 Å². The van der Waals surface area contributed by atoms with Crippen LogP contribution in [0.25, 0.3) is 0 Å². The lowest BCUT2D eigenvalue weighted by Gasteiger charge is -2.24. The van der Waals surface area contributed by atoms with E-state index >= 15 is 0 Å². The van der Waals surface area contributed by atoms with E-state index in [1.807, 2.05) is 19.1 Å². The number of rotatable bonds is 5. The molecule has 0 unspecified atom stereocenters. The number of ether oxygens (including phenoxy) is 1. The van der Waals surface area contributed by atoms with Crippen LogP contribution in [0, 0.1) is 6.92 Å². The van der Waals surface area contributed by atoms with Crippen LogP contribution in [0.15, 0.2) is 30.3 Å². The third kappa shape index (κ3) is 4.03. The first-order valence-corrected chi connectivity index (χ1v) is 8.56. The lowest BCUT2D eigenvalue weighted by molar-refractivity contribution is 0.414. The van der Waals surface area contributed by atoms with Crippen molar-refractivity contribution in [2.45, 2.75) is 32.2 Å². The average Bonchev–Trinajstić information content (AvgIpc) is 2.62. The van der Waals surface area contributed by atoms with Crippen molar-refractivity contribution in [2.24, 2.45) is 0 Å². The molecule has 0 radical (unpaired) electrons. The Kier molecular flexibility index (Phi) is 5.30. The maximum atomic E-state index is 5.22. The van der Waals surface area contributed by atoms with Crippen LogP contribution in [0.3, 0.4) is 0 Å². The number of nitrogens with zero attached hydrogens (tertiary/aromatic N) is 3. The van der Waals surface area contributed by atoms with E-state index in [1.54, 1.807) is 7.11 Å². The molecule has 3 rings (SSSR count). The van der Waals surface area contributed by atoms with Crippen LogP contribution >= 0.6 is 0 Å². The van der Waals surface area contributed by atoms with E-state index in [4.69, 9.17) is 4.74 Å². The van der Waals surface area contributed by atoms with Gasteiger partial charge in [-0.1, -0.05) is 12.1 Å². The van der Waals surface area contributed by atoms with Crippen molar-refractivity contribution in [3.63, 3.8) is 0 Å². The smallest absolute Gasteiger partial charge is 0.132 e. The molecule has 1 aliphatic rings. The highest BCUT2D eigenvalue weighted by Crippen LogP contribution is 2.25. The third-order valence-corrected chi connectivity index (χ3v) is 4.53. The van der Waals surface area contributed by atoms with Gasteiger partial charge in [0.15, 0.2) is 0 Å². The zero-order chi connectivity index (χ0) is 16.9. The van der Waals surface area contributed by atoms with Gasteiger partial charge in [0, 0.05) is 32.1 Å². The van der Waals surface area contributed by atoms with Gasteiger partial charge in [0.1, 0.15) is 17.4 Å². The lowest BCUT2D eigenvalue weighted by atomic mass is 9.96. The fourth-order valence-corrected chi connectivity index (χ4v) is 3.17. The molecular formula is C19H26N4O. The van der Waals surface area contributed by atoms with Crippen molar-refractivity contribution < 1.29 is 4.74 Å². The molecule has 0 aliphatic carbocycles. The molecule has 1 atom stereocenters. The maximum absolute atomic E-state index is 5.22. The van der Waals surface area contributed by atoms with E-state index in [-0.39, 0.29) is 0 Å². The summed E-state index contributed by atoms with van der Waals surface area (Å²) < 4.78 is 5.22. The molecule has 1 fully saturated rings. The van der Waals surface area contributed by atoms with E-state index < -0.39 is 0 Å². The van der Waals surface area contributed by atoms with Crippen molar-refractivity contribution >= 4 is 5.82 Å². The Morgan fingerprint density at radius 3 is 2.71 bits per heavy atom. The summed E-state index contributed by atoms with van der Waals surface area (Å²) in [5.74, 6) is 3.20. The number of methoxy groups -OCH3 is 1. The zero-order valence-electron chi connectivity index (χ0n) is 14.7. The number of aryl methyl sites for hydroxylation is 1. The summed E-state index contributed by atoms with van der Waals surface area (Å²) >= 11 is 0. The van der Waals surface area contributed by atoms with E-state index in [0.29, 0.717) is 5.92 Å². The molecule has 0 amide bonds. The summed E-state index contributed by atoms with van der Waals surface area (Å²) in [6, 6.07) is 10.3. The molecule has 1 aliphatic heterocycles. The van der Waals surface area contributed by atoms with Gasteiger partial charge in [0.2, 0.25) is 0 Å². The van der Waals surface area contributed by atoms with Crippen molar-refractivity contribution in [1.82, 2.24) is 15.3 Å². The molecule has 24 heavy (non-hydrogen) atoms. The predicted molar refractivity (Wildman–Crippen MR) is 96.7 cm³/mol. The zero-order valence-corrected chi connectivity index (χ0v) is 14.7. The van der Waals surface area contributed by atoms with Crippen LogP contribution in [0.5, 0.6) is 5.75 Å². The van der Waals surface area contributed by atoms with Crippen molar-refractivity contribution in [3.05, 3.63) is 47.4 Å². The second kappa shape index (κ2) is 7.62. The number of benzene rings is 1. The van der Waals surface area contributed by atoms with E-state index in [2.05, 4.69) is 45.4 Å². The molecule has 1 N–H and O–H groups in total. The van der Waals surface area contributed by atoms with Gasteiger partial charge >= 0.3 is 0 Å². The number of hydrogen-bond acceptors (Lipinski definition) is 5. The monoisotopic (exact) mass is 326 g/mol. The molecule has 0 spiro atoms. The Bertz CT molecular complexity index is 666. The Balaban J connectivity index is 1.75. The minimum absolute atomic E-state index is 0.494. The largest absolute Gasteiger partial charge is 0.497 e. The summed E-state index contributed by atoms with van der Waals surface area (Å²) in [6.45, 7) is 4.91. The van der Waals surface area contributed by atoms with Crippen LogP contribution in [-0.2, 0) is 6.54 Å². The van der Waals surface area contributed by atoms with Gasteiger partial charge in [-0.3, -0.25) is 0 Å². The summed E-state index contributed by atoms with van der Waals surface area (Å²) in [5, 5.41) is 3.47. The fraction of sp³-hybridized carbons (Fsp3) is 0.474. The van der Waals surface area contributed by atoms with E-state index in [0.717, 1.165) is 42.7 Å². The molecule has 2 heterocycles. The van der Waals surface area contributed by atoms with Crippen molar-refractivity contribution in [1.29, 1.82) is 0 Å². The molecular weight excluding hydrogens is 300 g/mol. The molecule has 5 nitrogen and oxygen atoms in total. The standard InChI is InChI=1S/C19H26N4O/c1-14-21-18(16-5-4-10-20-12-16)11-19(22-14)23(2)13-15-6-8-17(24-3)9-7-15/h6-9,11,16,20H,4-5,10,12-13H2,1-3H3/t16-/m1/s1. The van der Waals surface area contributed by atoms with Crippen molar-refractivity contribution in [3.8, 4) is 5.75 Å². The average molecular weight is 326 g/mol. The first-order chi connectivity index (χ1) is 11.7. The number of hydrogen-bond donors (Lipinski definition) is 1. The highest BCUT2D eigenvalue weighted by molar-refractivity contribution is 5.41. The maximum Gasteiger partial charge on any atom is 0.132 e. The number of nitrogens with one attached hydrogen (secondary N) is 1. The van der Waals surface area contributed by atoms with E-state index in [1.165, 1.54) is 18.4 Å². The van der Waals surface area contributed by atoms with Gasteiger partial charge in [-0.05, 0) is 44.0 Å². The second-order valence-corrected chi connectivity index (χ2v) is 6.45. The fourth-order valence-electron chi connectivity index (χ4n) is 3.17. The highest BCUT2D eigenvalue weighted by Gasteiger charge is 2.18. The molecule has 0 saturated carbocycles. The second-order valence-electron chi connectivity index (χ2n) is 6.45. The van der Waals surface area contributed by atoms with Crippen LogP contribution in [-0.4, -0.2) is 37.2 Å². The number of anilines is 1. The molecule has 0 bridgehead atoms. The van der Waals surface area contributed by atoms with Crippen LogP contribution < -0.4 is 15.0 Å². The van der Waals surface area contributed by atoms with Gasteiger partial charge in [-0.15, -0.1) is 0 Å². The topological polar surface area (TPSA) is 50.3 Å². The summed E-state index contributed by atoms with van der Waals surface area (Å²) in [4.78, 5) is 11.5. The molecule has 128 valence electrons. The Morgan fingerprint density at radius 2 is 2.04 bits per heavy atom. The normalized spacial score (nSPS) is 17.5. The Labute approximate surface area is 144 Å². The Hall–Kier alpha value is -2.14. The lowest BCUT2D eigenvalue weighted by Crippen LogP contribution is -2.29. The molecule has 1 aromatic heterocycles. The summed E-state index contributed by atoms with van der Waals surface area (Å²) in [6.07, 6.45) is 2.41. The van der Waals surface area contributed by atoms with Gasteiger partial charge in [-0.25, -0.2) is 9.97 Å². The van der Waals surface area contributed by atoms with Crippen molar-refractivity contribution in [2.75, 3.05) is 32.1 Å². The molecule has 1 aromatic carbocycles. The van der Waals surface area contributed by atoms with Gasteiger partial charge < -0.3 is 15.0 Å². The third-order valence-electron chi connectivity index (χ3n) is 4.53. The minimum Gasteiger partial charge on any atom is -0.497 e. The number of aromatic nitrogens is 2. The molecule has 5 heteroatoms.